The monoisotopic (exact) mass is 320 g/mol. The summed E-state index contributed by atoms with van der Waals surface area (Å²) < 4.78 is 10.1. The Morgan fingerprint density at radius 2 is 1.91 bits per heavy atom. The van der Waals surface area contributed by atoms with Gasteiger partial charge in [0, 0.05) is 4.90 Å². The van der Waals surface area contributed by atoms with E-state index in [0.717, 1.165) is 4.90 Å². The maximum atomic E-state index is 11.8. The molecule has 0 aliphatic heterocycles. The Morgan fingerprint density at radius 3 is 2.64 bits per heavy atom. The second-order valence-corrected chi connectivity index (χ2v) is 5.22. The Labute approximate surface area is 132 Å². The summed E-state index contributed by atoms with van der Waals surface area (Å²) in [5.74, 6) is 0.877. The van der Waals surface area contributed by atoms with Crippen molar-refractivity contribution in [3.8, 4) is 0 Å². The van der Waals surface area contributed by atoms with Gasteiger partial charge >= 0.3 is 12.0 Å². The van der Waals surface area contributed by atoms with E-state index in [2.05, 4.69) is 15.6 Å². The van der Waals surface area contributed by atoms with E-state index in [9.17, 15) is 9.59 Å². The molecule has 1 aromatic carbocycles. The molecular weight excluding hydrogens is 304 g/mol. The van der Waals surface area contributed by atoms with Crippen molar-refractivity contribution in [2.75, 3.05) is 6.61 Å². The van der Waals surface area contributed by atoms with E-state index in [0.29, 0.717) is 11.5 Å². The molecule has 22 heavy (non-hydrogen) atoms. The summed E-state index contributed by atoms with van der Waals surface area (Å²) in [6.07, 6.45) is -0.720. The number of carbonyl (C=O) groups is 2. The summed E-state index contributed by atoms with van der Waals surface area (Å²) >= 11 is 1.61. The first-order chi connectivity index (χ1) is 10.7. The second kappa shape index (κ2) is 8.14. The predicted molar refractivity (Wildman–Crippen MR) is 82.3 cm³/mol. The molecule has 1 heterocycles. The molecule has 0 spiro atoms. The maximum Gasteiger partial charge on any atom is 0.426 e. The molecule has 2 rings (SSSR count). The molecule has 1 aromatic heterocycles. The number of benzene rings is 1. The number of hydrogen-bond donors (Lipinski definition) is 2. The van der Waals surface area contributed by atoms with Crippen molar-refractivity contribution in [3.05, 3.63) is 54.0 Å². The highest BCUT2D eigenvalue weighted by Crippen LogP contribution is 2.23. The van der Waals surface area contributed by atoms with Gasteiger partial charge in [-0.1, -0.05) is 18.2 Å². The lowest BCUT2D eigenvalue weighted by Gasteiger charge is -2.05. The molecule has 116 valence electrons. The van der Waals surface area contributed by atoms with E-state index in [1.165, 1.54) is 0 Å². The zero-order valence-electron chi connectivity index (χ0n) is 12.0. The average molecular weight is 320 g/mol. The van der Waals surface area contributed by atoms with Gasteiger partial charge in [-0.2, -0.15) is 0 Å². The van der Waals surface area contributed by atoms with Crippen molar-refractivity contribution in [1.29, 1.82) is 0 Å². The average Bonchev–Trinajstić information content (AvgIpc) is 3.01. The van der Waals surface area contributed by atoms with Gasteiger partial charge in [-0.25, -0.2) is 10.2 Å². The fraction of sp³-hybridized carbons (Fsp3) is 0.200. The summed E-state index contributed by atoms with van der Waals surface area (Å²) in [7, 11) is 0. The number of amides is 2. The van der Waals surface area contributed by atoms with Crippen LogP contribution in [0.3, 0.4) is 0 Å². The summed E-state index contributed by atoms with van der Waals surface area (Å²) in [6.45, 7) is 1.90. The van der Waals surface area contributed by atoms with Crippen molar-refractivity contribution < 1.29 is 18.7 Å². The fourth-order valence-corrected chi connectivity index (χ4v) is 2.40. The SMILES string of the molecule is CCOC(=O)NNC(=O)c1ccc(CSc2ccccc2)o1. The van der Waals surface area contributed by atoms with Crippen molar-refractivity contribution in [3.63, 3.8) is 0 Å². The van der Waals surface area contributed by atoms with Crippen molar-refractivity contribution in [2.45, 2.75) is 17.6 Å². The molecule has 0 saturated carbocycles. The van der Waals surface area contributed by atoms with Crippen molar-refractivity contribution in [2.24, 2.45) is 0 Å². The quantitative estimate of drug-likeness (QED) is 0.654. The van der Waals surface area contributed by atoms with Crippen LogP contribution in [0.15, 0.2) is 51.8 Å². The number of ether oxygens (including phenoxy) is 1. The molecule has 2 amide bonds. The molecule has 0 fully saturated rings. The number of thioether (sulfide) groups is 1. The van der Waals surface area contributed by atoms with E-state index in [1.54, 1.807) is 30.8 Å². The van der Waals surface area contributed by atoms with Gasteiger partial charge in [0.25, 0.3) is 0 Å². The molecule has 0 atom stereocenters. The largest absolute Gasteiger partial charge is 0.455 e. The summed E-state index contributed by atoms with van der Waals surface area (Å²) in [5, 5.41) is 0. The third-order valence-corrected chi connectivity index (χ3v) is 3.60. The standard InChI is InChI=1S/C15H16N2O4S/c1-2-20-15(19)17-16-14(18)13-9-8-11(21-13)10-22-12-6-4-3-5-7-12/h3-9H,2,10H2,1H3,(H,16,18)(H,17,19). The Kier molecular flexibility index (Phi) is 5.91. The highest BCUT2D eigenvalue weighted by molar-refractivity contribution is 7.98. The number of nitrogens with one attached hydrogen (secondary N) is 2. The van der Waals surface area contributed by atoms with Gasteiger partial charge in [0.2, 0.25) is 0 Å². The highest BCUT2D eigenvalue weighted by atomic mass is 32.2. The van der Waals surface area contributed by atoms with Crippen molar-refractivity contribution >= 4 is 23.8 Å². The second-order valence-electron chi connectivity index (χ2n) is 4.17. The minimum atomic E-state index is -0.720. The van der Waals surface area contributed by atoms with Crippen LogP contribution in [0.1, 0.15) is 23.2 Å². The Hall–Kier alpha value is -2.41. The summed E-state index contributed by atoms with van der Waals surface area (Å²) in [5.41, 5.74) is 4.33. The third-order valence-electron chi connectivity index (χ3n) is 2.56. The lowest BCUT2D eigenvalue weighted by atomic mass is 10.4. The molecule has 2 aromatic rings. The lowest BCUT2D eigenvalue weighted by Crippen LogP contribution is -2.41. The number of furan rings is 1. The molecule has 0 bridgehead atoms. The fourth-order valence-electron chi connectivity index (χ4n) is 1.59. The Balaban J connectivity index is 1.83. The van der Waals surface area contributed by atoms with Gasteiger partial charge in [-0.15, -0.1) is 11.8 Å². The summed E-state index contributed by atoms with van der Waals surface area (Å²) in [4.78, 5) is 23.9. The summed E-state index contributed by atoms with van der Waals surface area (Å²) in [6, 6.07) is 13.2. The molecule has 0 aliphatic carbocycles. The normalized spacial score (nSPS) is 10.0. The van der Waals surface area contributed by atoms with Crippen LogP contribution in [0.4, 0.5) is 4.79 Å². The minimum absolute atomic E-state index is 0.125. The van der Waals surface area contributed by atoms with Gasteiger partial charge in [-0.3, -0.25) is 10.2 Å². The molecule has 2 N–H and O–H groups in total. The minimum Gasteiger partial charge on any atom is -0.455 e. The van der Waals surface area contributed by atoms with E-state index < -0.39 is 12.0 Å². The lowest BCUT2D eigenvalue weighted by molar-refractivity contribution is 0.0884. The van der Waals surface area contributed by atoms with Crippen molar-refractivity contribution in [1.82, 2.24) is 10.9 Å². The molecule has 0 saturated heterocycles. The Bertz CT molecular complexity index is 627. The van der Waals surface area contributed by atoms with Gasteiger partial charge in [-0.05, 0) is 31.2 Å². The van der Waals surface area contributed by atoms with E-state index in [4.69, 9.17) is 4.42 Å². The number of hydrazine groups is 1. The number of rotatable bonds is 5. The molecule has 0 aliphatic rings. The molecule has 6 nitrogen and oxygen atoms in total. The van der Waals surface area contributed by atoms with Crippen LogP contribution in [0.2, 0.25) is 0 Å². The van der Waals surface area contributed by atoms with E-state index in [-0.39, 0.29) is 12.4 Å². The van der Waals surface area contributed by atoms with Crippen LogP contribution in [0, 0.1) is 0 Å². The van der Waals surface area contributed by atoms with Gasteiger partial charge < -0.3 is 9.15 Å². The first-order valence-corrected chi connectivity index (χ1v) is 7.67. The van der Waals surface area contributed by atoms with Crippen LogP contribution in [-0.4, -0.2) is 18.6 Å². The van der Waals surface area contributed by atoms with Gasteiger partial charge in [0.1, 0.15) is 5.76 Å². The maximum absolute atomic E-state index is 11.8. The van der Waals surface area contributed by atoms with Crippen LogP contribution in [0.5, 0.6) is 0 Å². The first-order valence-electron chi connectivity index (χ1n) is 6.68. The van der Waals surface area contributed by atoms with Crippen LogP contribution in [0.25, 0.3) is 0 Å². The smallest absolute Gasteiger partial charge is 0.426 e. The predicted octanol–water partition coefficient (Wildman–Crippen LogP) is 2.96. The van der Waals surface area contributed by atoms with Gasteiger partial charge in [0.15, 0.2) is 5.76 Å². The molecule has 0 radical (unpaired) electrons. The molecule has 0 unspecified atom stereocenters. The topological polar surface area (TPSA) is 80.6 Å². The zero-order valence-corrected chi connectivity index (χ0v) is 12.8. The number of carbonyl (C=O) groups excluding carboxylic acids is 2. The first kappa shape index (κ1) is 16.0. The van der Waals surface area contributed by atoms with Crippen LogP contribution < -0.4 is 10.9 Å². The van der Waals surface area contributed by atoms with Crippen LogP contribution in [-0.2, 0) is 10.5 Å². The van der Waals surface area contributed by atoms with E-state index in [1.807, 2.05) is 30.3 Å². The van der Waals surface area contributed by atoms with Crippen LogP contribution >= 0.6 is 11.8 Å². The molecule has 7 heteroatoms. The highest BCUT2D eigenvalue weighted by Gasteiger charge is 2.12. The number of hydrogen-bond acceptors (Lipinski definition) is 5. The van der Waals surface area contributed by atoms with Gasteiger partial charge in [0.05, 0.1) is 12.4 Å². The van der Waals surface area contributed by atoms with E-state index >= 15 is 0 Å². The molecular formula is C15H16N2O4S. The zero-order chi connectivity index (χ0) is 15.8. The third kappa shape index (κ3) is 4.85. The Morgan fingerprint density at radius 1 is 1.14 bits per heavy atom.